The molecule has 2 rings (SSSR count). The van der Waals surface area contributed by atoms with Crippen LogP contribution in [-0.2, 0) is 6.42 Å². The van der Waals surface area contributed by atoms with E-state index in [0.717, 1.165) is 12.4 Å². The summed E-state index contributed by atoms with van der Waals surface area (Å²) >= 11 is 0. The first-order chi connectivity index (χ1) is 9.29. The summed E-state index contributed by atoms with van der Waals surface area (Å²) in [5.41, 5.74) is 0.399. The maximum Gasteiger partial charge on any atom is 0.269 e. The summed E-state index contributed by atoms with van der Waals surface area (Å²) < 4.78 is 0. The summed E-state index contributed by atoms with van der Waals surface area (Å²) in [5, 5.41) is 12.3. The van der Waals surface area contributed by atoms with Gasteiger partial charge in [0.05, 0.1) is 0 Å². The molecule has 2 aromatic rings. The van der Waals surface area contributed by atoms with Gasteiger partial charge in [-0.05, 0) is 19.1 Å². The highest BCUT2D eigenvalue weighted by molar-refractivity contribution is 5.92. The zero-order chi connectivity index (χ0) is 13.5. The van der Waals surface area contributed by atoms with E-state index in [4.69, 9.17) is 0 Å². The average Bonchev–Trinajstić information content (AvgIpc) is 2.92. The number of aromatic amines is 1. The third-order valence-corrected chi connectivity index (χ3v) is 2.45. The molecule has 0 bridgehead atoms. The van der Waals surface area contributed by atoms with Crippen molar-refractivity contribution < 1.29 is 4.79 Å². The van der Waals surface area contributed by atoms with E-state index in [-0.39, 0.29) is 5.91 Å². The highest BCUT2D eigenvalue weighted by Crippen LogP contribution is 2.04. The molecule has 2 heterocycles. The zero-order valence-corrected chi connectivity index (χ0v) is 10.7. The molecule has 1 amide bonds. The van der Waals surface area contributed by atoms with Crippen molar-refractivity contribution in [2.75, 3.05) is 18.4 Å². The van der Waals surface area contributed by atoms with Crippen LogP contribution in [0.5, 0.6) is 0 Å². The molecule has 0 aliphatic rings. The number of hydrogen-bond donors (Lipinski definition) is 3. The summed E-state index contributed by atoms with van der Waals surface area (Å²) in [7, 11) is 0. The molecular formula is C12H16N6O. The second kappa shape index (κ2) is 6.48. The van der Waals surface area contributed by atoms with Crippen LogP contribution in [0.1, 0.15) is 23.2 Å². The van der Waals surface area contributed by atoms with Gasteiger partial charge in [0.1, 0.15) is 23.7 Å². The number of aromatic nitrogens is 4. The van der Waals surface area contributed by atoms with Crippen LogP contribution < -0.4 is 10.6 Å². The van der Waals surface area contributed by atoms with Crippen molar-refractivity contribution in [2.45, 2.75) is 13.3 Å². The number of nitrogens with one attached hydrogen (secondary N) is 3. The zero-order valence-electron chi connectivity index (χ0n) is 10.7. The van der Waals surface area contributed by atoms with Crippen LogP contribution in [0.4, 0.5) is 5.82 Å². The molecule has 0 fully saturated rings. The maximum absolute atomic E-state index is 11.9. The number of pyridine rings is 1. The first-order valence-electron chi connectivity index (χ1n) is 6.13. The van der Waals surface area contributed by atoms with Crippen LogP contribution >= 0.6 is 0 Å². The number of rotatable bonds is 6. The van der Waals surface area contributed by atoms with Gasteiger partial charge < -0.3 is 10.6 Å². The van der Waals surface area contributed by atoms with E-state index in [0.29, 0.717) is 24.5 Å². The van der Waals surface area contributed by atoms with Gasteiger partial charge in [-0.3, -0.25) is 9.89 Å². The van der Waals surface area contributed by atoms with E-state index in [1.807, 2.05) is 13.0 Å². The second-order valence-electron chi connectivity index (χ2n) is 3.88. The lowest BCUT2D eigenvalue weighted by atomic mass is 10.3. The summed E-state index contributed by atoms with van der Waals surface area (Å²) in [6.45, 7) is 3.23. The van der Waals surface area contributed by atoms with Crippen molar-refractivity contribution in [3.63, 3.8) is 0 Å². The third-order valence-electron chi connectivity index (χ3n) is 2.45. The highest BCUT2D eigenvalue weighted by Gasteiger charge is 2.07. The Kier molecular flexibility index (Phi) is 4.44. The lowest BCUT2D eigenvalue weighted by molar-refractivity contribution is 0.0949. The molecule has 3 N–H and O–H groups in total. The molecule has 0 radical (unpaired) electrons. The molecule has 0 aliphatic heterocycles. The van der Waals surface area contributed by atoms with Gasteiger partial charge in [-0.1, -0.05) is 6.07 Å². The van der Waals surface area contributed by atoms with E-state index >= 15 is 0 Å². The summed E-state index contributed by atoms with van der Waals surface area (Å²) in [6, 6.07) is 5.32. The van der Waals surface area contributed by atoms with Gasteiger partial charge in [0.2, 0.25) is 0 Å². The molecular weight excluding hydrogens is 244 g/mol. The fourth-order valence-corrected chi connectivity index (χ4v) is 1.58. The lowest BCUT2D eigenvalue weighted by Crippen LogP contribution is -2.27. The standard InChI is InChI=1S/C12H16N6O/c1-2-13-10-5-3-4-9(17-10)12(19)14-7-6-11-15-8-16-18-11/h3-5,8H,2,6-7H2,1H3,(H,13,17)(H,14,19)(H,15,16,18). The Hall–Kier alpha value is -2.44. The number of carbonyl (C=O) groups excluding carboxylic acids is 1. The van der Waals surface area contributed by atoms with E-state index < -0.39 is 0 Å². The smallest absolute Gasteiger partial charge is 0.269 e. The van der Waals surface area contributed by atoms with Gasteiger partial charge in [-0.15, -0.1) is 0 Å². The van der Waals surface area contributed by atoms with E-state index in [1.54, 1.807) is 12.1 Å². The molecule has 0 spiro atoms. The number of nitrogens with zero attached hydrogens (tertiary/aromatic N) is 3. The predicted octanol–water partition coefficient (Wildman–Crippen LogP) is 0.604. The molecule has 7 nitrogen and oxygen atoms in total. The van der Waals surface area contributed by atoms with Crippen molar-refractivity contribution in [1.29, 1.82) is 0 Å². The van der Waals surface area contributed by atoms with Crippen LogP contribution in [0.15, 0.2) is 24.5 Å². The number of H-pyrrole nitrogens is 1. The molecule has 7 heteroatoms. The van der Waals surface area contributed by atoms with E-state index in [2.05, 4.69) is 30.8 Å². The number of anilines is 1. The van der Waals surface area contributed by atoms with Crippen LogP contribution in [0.2, 0.25) is 0 Å². The van der Waals surface area contributed by atoms with Gasteiger partial charge >= 0.3 is 0 Å². The quantitative estimate of drug-likeness (QED) is 0.707. The minimum absolute atomic E-state index is 0.195. The summed E-state index contributed by atoms with van der Waals surface area (Å²) in [4.78, 5) is 20.1. The molecule has 0 saturated carbocycles. The Morgan fingerprint density at radius 3 is 3.05 bits per heavy atom. The predicted molar refractivity (Wildman–Crippen MR) is 70.8 cm³/mol. The Bertz CT molecular complexity index is 525. The van der Waals surface area contributed by atoms with E-state index in [9.17, 15) is 4.79 Å². The molecule has 0 aromatic carbocycles. The first-order valence-corrected chi connectivity index (χ1v) is 6.13. The Balaban J connectivity index is 1.87. The average molecular weight is 260 g/mol. The van der Waals surface area contributed by atoms with Crippen molar-refractivity contribution in [3.8, 4) is 0 Å². The molecule has 100 valence electrons. The van der Waals surface area contributed by atoms with Gasteiger partial charge in [-0.2, -0.15) is 5.10 Å². The largest absolute Gasteiger partial charge is 0.370 e. The SMILES string of the molecule is CCNc1cccc(C(=O)NCCc2ncn[nH]2)n1. The van der Waals surface area contributed by atoms with Gasteiger partial charge in [-0.25, -0.2) is 9.97 Å². The van der Waals surface area contributed by atoms with Gasteiger partial charge in [0.25, 0.3) is 5.91 Å². The molecule has 0 atom stereocenters. The number of hydrogen-bond acceptors (Lipinski definition) is 5. The number of carbonyl (C=O) groups is 1. The third kappa shape index (κ3) is 3.77. The normalized spacial score (nSPS) is 10.2. The Labute approximate surface area is 110 Å². The molecule has 0 unspecified atom stereocenters. The monoisotopic (exact) mass is 260 g/mol. The Morgan fingerprint density at radius 2 is 2.32 bits per heavy atom. The topological polar surface area (TPSA) is 95.6 Å². The minimum atomic E-state index is -0.195. The Morgan fingerprint density at radius 1 is 1.42 bits per heavy atom. The van der Waals surface area contributed by atoms with Crippen LogP contribution in [0.25, 0.3) is 0 Å². The van der Waals surface area contributed by atoms with Crippen molar-refractivity contribution in [2.24, 2.45) is 0 Å². The minimum Gasteiger partial charge on any atom is -0.370 e. The van der Waals surface area contributed by atoms with Gasteiger partial charge in [0, 0.05) is 19.5 Å². The van der Waals surface area contributed by atoms with Crippen molar-refractivity contribution in [1.82, 2.24) is 25.5 Å². The van der Waals surface area contributed by atoms with Crippen LogP contribution in [-0.4, -0.2) is 39.2 Å². The molecule has 19 heavy (non-hydrogen) atoms. The van der Waals surface area contributed by atoms with Gasteiger partial charge in [0.15, 0.2) is 0 Å². The molecule has 2 aromatic heterocycles. The van der Waals surface area contributed by atoms with Crippen LogP contribution in [0, 0.1) is 0 Å². The lowest BCUT2D eigenvalue weighted by Gasteiger charge is -2.06. The fraction of sp³-hybridized carbons (Fsp3) is 0.333. The second-order valence-corrected chi connectivity index (χ2v) is 3.88. The summed E-state index contributed by atoms with van der Waals surface area (Å²) in [5.74, 6) is 1.25. The molecule has 0 aliphatic carbocycles. The fourth-order valence-electron chi connectivity index (χ4n) is 1.58. The first kappa shape index (κ1) is 13.0. The van der Waals surface area contributed by atoms with Crippen molar-refractivity contribution >= 4 is 11.7 Å². The maximum atomic E-state index is 11.9. The van der Waals surface area contributed by atoms with Crippen molar-refractivity contribution in [3.05, 3.63) is 36.0 Å². The number of amides is 1. The highest BCUT2D eigenvalue weighted by atomic mass is 16.1. The van der Waals surface area contributed by atoms with E-state index in [1.165, 1.54) is 6.33 Å². The molecule has 0 saturated heterocycles. The van der Waals surface area contributed by atoms with Crippen LogP contribution in [0.3, 0.4) is 0 Å². The summed E-state index contributed by atoms with van der Waals surface area (Å²) in [6.07, 6.45) is 2.05.